The van der Waals surface area contributed by atoms with Crippen molar-refractivity contribution in [1.82, 2.24) is 19.3 Å². The molecule has 0 N–H and O–H groups in total. The highest BCUT2D eigenvalue weighted by molar-refractivity contribution is 7.99. The van der Waals surface area contributed by atoms with Crippen LogP contribution in [0, 0.1) is 0 Å². The van der Waals surface area contributed by atoms with Gasteiger partial charge in [-0.05, 0) is 37.3 Å². The standard InChI is InChI=1S/C25H26N4O3S/c1-5-14-29-24(17(2)32-19-12-10-18(31-4)11-13-19)26-27-25(29)33-16-23(30)21-15-28(3)22-9-7-6-8-20(21)22/h5-13,15,17H,1,14,16H2,2-4H3. The maximum Gasteiger partial charge on any atom is 0.192 e. The highest BCUT2D eigenvalue weighted by Gasteiger charge is 2.21. The van der Waals surface area contributed by atoms with Gasteiger partial charge in [0.05, 0.1) is 12.9 Å². The van der Waals surface area contributed by atoms with Crippen LogP contribution in [0.15, 0.2) is 72.5 Å². The Morgan fingerprint density at radius 3 is 2.61 bits per heavy atom. The molecule has 2 aromatic heterocycles. The first-order chi connectivity index (χ1) is 16.0. The van der Waals surface area contributed by atoms with Gasteiger partial charge in [0.2, 0.25) is 0 Å². The average molecular weight is 463 g/mol. The van der Waals surface area contributed by atoms with Gasteiger partial charge < -0.3 is 14.0 Å². The van der Waals surface area contributed by atoms with Crippen molar-refractivity contribution in [2.24, 2.45) is 7.05 Å². The lowest BCUT2D eigenvalue weighted by atomic mass is 10.1. The summed E-state index contributed by atoms with van der Waals surface area (Å²) in [5.74, 6) is 2.45. The number of aromatic nitrogens is 4. The van der Waals surface area contributed by atoms with Crippen LogP contribution in [0.2, 0.25) is 0 Å². The summed E-state index contributed by atoms with van der Waals surface area (Å²) in [6.45, 7) is 6.29. The molecule has 0 aliphatic rings. The van der Waals surface area contributed by atoms with Gasteiger partial charge in [0.1, 0.15) is 11.5 Å². The number of methoxy groups -OCH3 is 1. The summed E-state index contributed by atoms with van der Waals surface area (Å²) in [6, 6.07) is 15.3. The topological polar surface area (TPSA) is 71.2 Å². The number of rotatable bonds is 10. The van der Waals surface area contributed by atoms with Crippen molar-refractivity contribution in [1.29, 1.82) is 0 Å². The zero-order valence-electron chi connectivity index (χ0n) is 18.9. The number of aryl methyl sites for hydroxylation is 1. The molecule has 8 heteroatoms. The Labute approximate surface area is 197 Å². The molecule has 0 spiro atoms. The molecule has 0 bridgehead atoms. The third kappa shape index (κ3) is 4.80. The Hall–Kier alpha value is -3.52. The first-order valence-corrected chi connectivity index (χ1v) is 11.5. The summed E-state index contributed by atoms with van der Waals surface area (Å²) in [6.07, 6.45) is 3.33. The zero-order valence-corrected chi connectivity index (χ0v) is 19.7. The fraction of sp³-hybridized carbons (Fsp3) is 0.240. The van der Waals surface area contributed by atoms with Crippen molar-refractivity contribution in [2.45, 2.75) is 24.7 Å². The number of thioether (sulfide) groups is 1. The fourth-order valence-electron chi connectivity index (χ4n) is 3.69. The molecule has 0 aliphatic carbocycles. The van der Waals surface area contributed by atoms with E-state index in [9.17, 15) is 4.79 Å². The highest BCUT2D eigenvalue weighted by atomic mass is 32.2. The van der Waals surface area contributed by atoms with Crippen LogP contribution in [0.25, 0.3) is 10.9 Å². The monoisotopic (exact) mass is 462 g/mol. The number of allylic oxidation sites excluding steroid dienone is 1. The predicted octanol–water partition coefficient (Wildman–Crippen LogP) is 5.08. The van der Waals surface area contributed by atoms with E-state index in [-0.39, 0.29) is 17.6 Å². The normalized spacial score (nSPS) is 12.0. The van der Waals surface area contributed by atoms with Crippen LogP contribution >= 0.6 is 11.8 Å². The van der Waals surface area contributed by atoms with Gasteiger partial charge in [-0.1, -0.05) is 36.0 Å². The lowest BCUT2D eigenvalue weighted by Crippen LogP contribution is -2.12. The molecule has 7 nitrogen and oxygen atoms in total. The van der Waals surface area contributed by atoms with E-state index in [0.29, 0.717) is 28.8 Å². The maximum absolute atomic E-state index is 13.0. The lowest BCUT2D eigenvalue weighted by Gasteiger charge is -2.16. The van der Waals surface area contributed by atoms with Gasteiger partial charge in [-0.3, -0.25) is 9.36 Å². The van der Waals surface area contributed by atoms with Gasteiger partial charge in [-0.2, -0.15) is 0 Å². The molecule has 4 rings (SSSR count). The summed E-state index contributed by atoms with van der Waals surface area (Å²) in [7, 11) is 3.57. The summed E-state index contributed by atoms with van der Waals surface area (Å²) in [4.78, 5) is 13.0. The van der Waals surface area contributed by atoms with Crippen LogP contribution in [0.1, 0.15) is 29.2 Å². The predicted molar refractivity (Wildman–Crippen MR) is 130 cm³/mol. The number of fused-ring (bicyclic) bond motifs is 1. The Balaban J connectivity index is 1.49. The van der Waals surface area contributed by atoms with Crippen molar-refractivity contribution >= 4 is 28.4 Å². The molecule has 170 valence electrons. The van der Waals surface area contributed by atoms with E-state index in [0.717, 1.165) is 16.7 Å². The maximum atomic E-state index is 13.0. The lowest BCUT2D eigenvalue weighted by molar-refractivity contribution is 0.102. The van der Waals surface area contributed by atoms with Crippen LogP contribution < -0.4 is 9.47 Å². The largest absolute Gasteiger partial charge is 0.497 e. The quantitative estimate of drug-likeness (QED) is 0.186. The number of Topliss-reactive ketones (excluding diaryl/α,β-unsaturated/α-hetero) is 1. The van der Waals surface area contributed by atoms with Crippen molar-refractivity contribution < 1.29 is 14.3 Å². The third-order valence-electron chi connectivity index (χ3n) is 5.32. The first kappa shape index (κ1) is 22.7. The first-order valence-electron chi connectivity index (χ1n) is 10.6. The molecule has 0 amide bonds. The Morgan fingerprint density at radius 2 is 1.88 bits per heavy atom. The number of ether oxygens (including phenoxy) is 2. The van der Waals surface area contributed by atoms with E-state index >= 15 is 0 Å². The minimum Gasteiger partial charge on any atom is -0.497 e. The summed E-state index contributed by atoms with van der Waals surface area (Å²) in [5.41, 5.74) is 1.75. The van der Waals surface area contributed by atoms with Gasteiger partial charge in [0.15, 0.2) is 22.9 Å². The van der Waals surface area contributed by atoms with Crippen molar-refractivity contribution in [3.8, 4) is 11.5 Å². The molecule has 33 heavy (non-hydrogen) atoms. The molecule has 0 saturated heterocycles. The van der Waals surface area contributed by atoms with Gasteiger partial charge >= 0.3 is 0 Å². The van der Waals surface area contributed by atoms with Gasteiger partial charge in [-0.15, -0.1) is 16.8 Å². The van der Waals surface area contributed by atoms with E-state index in [4.69, 9.17) is 9.47 Å². The summed E-state index contributed by atoms with van der Waals surface area (Å²) in [5, 5.41) is 10.3. The van der Waals surface area contributed by atoms with E-state index in [1.54, 1.807) is 13.2 Å². The molecular weight excluding hydrogens is 436 g/mol. The minimum absolute atomic E-state index is 0.0500. The van der Waals surface area contributed by atoms with Crippen molar-refractivity contribution in [2.75, 3.05) is 12.9 Å². The number of carbonyl (C=O) groups excluding carboxylic acids is 1. The Kier molecular flexibility index (Phi) is 6.84. The number of carbonyl (C=O) groups is 1. The van der Waals surface area contributed by atoms with Gasteiger partial charge in [0, 0.05) is 36.3 Å². The number of hydrogen-bond acceptors (Lipinski definition) is 6. The number of nitrogens with zero attached hydrogens (tertiary/aromatic N) is 4. The van der Waals surface area contributed by atoms with Crippen LogP contribution in [0.5, 0.6) is 11.5 Å². The molecule has 1 unspecified atom stereocenters. The molecule has 0 fully saturated rings. The van der Waals surface area contributed by atoms with Crippen LogP contribution in [-0.4, -0.2) is 38.0 Å². The van der Waals surface area contributed by atoms with E-state index < -0.39 is 0 Å². The second kappa shape index (κ2) is 9.95. The van der Waals surface area contributed by atoms with Crippen molar-refractivity contribution in [3.63, 3.8) is 0 Å². The van der Waals surface area contributed by atoms with Gasteiger partial charge in [0.25, 0.3) is 0 Å². The molecule has 4 aromatic rings. The van der Waals surface area contributed by atoms with Crippen LogP contribution in [-0.2, 0) is 13.6 Å². The Bertz CT molecular complexity index is 1280. The molecule has 0 saturated carbocycles. The molecule has 2 aromatic carbocycles. The molecule has 0 aliphatic heterocycles. The van der Waals surface area contributed by atoms with Crippen LogP contribution in [0.4, 0.5) is 0 Å². The minimum atomic E-state index is -0.339. The number of para-hydroxylation sites is 1. The number of hydrogen-bond donors (Lipinski definition) is 0. The number of benzene rings is 2. The third-order valence-corrected chi connectivity index (χ3v) is 6.29. The SMILES string of the molecule is C=CCn1c(SCC(=O)c2cn(C)c3ccccc23)nnc1C(C)Oc1ccc(OC)cc1. The smallest absolute Gasteiger partial charge is 0.192 e. The Morgan fingerprint density at radius 1 is 1.15 bits per heavy atom. The zero-order chi connectivity index (χ0) is 23.4. The molecule has 2 heterocycles. The van der Waals surface area contributed by atoms with E-state index in [1.165, 1.54) is 11.8 Å². The van der Waals surface area contributed by atoms with Crippen LogP contribution in [0.3, 0.4) is 0 Å². The molecule has 1 atom stereocenters. The number of ketones is 1. The van der Waals surface area contributed by atoms with E-state index in [2.05, 4.69) is 16.8 Å². The molecule has 0 radical (unpaired) electrons. The summed E-state index contributed by atoms with van der Waals surface area (Å²) < 4.78 is 15.2. The summed E-state index contributed by atoms with van der Waals surface area (Å²) >= 11 is 1.37. The second-order valence-corrected chi connectivity index (χ2v) is 8.50. The second-order valence-electron chi connectivity index (χ2n) is 7.56. The highest BCUT2D eigenvalue weighted by Crippen LogP contribution is 2.27. The van der Waals surface area contributed by atoms with Gasteiger partial charge in [-0.25, -0.2) is 0 Å². The van der Waals surface area contributed by atoms with Crippen molar-refractivity contribution in [3.05, 3.63) is 78.8 Å². The fourth-order valence-corrected chi connectivity index (χ4v) is 4.53. The molecular formula is C25H26N4O3S. The average Bonchev–Trinajstić information content (AvgIpc) is 3.39. The van der Waals surface area contributed by atoms with E-state index in [1.807, 2.05) is 77.8 Å².